The van der Waals surface area contributed by atoms with Gasteiger partial charge in [-0.3, -0.25) is 4.79 Å². The smallest absolute Gasteiger partial charge is 0.339 e. The summed E-state index contributed by atoms with van der Waals surface area (Å²) in [5.74, 6) is -1.96. The Morgan fingerprint density at radius 3 is 2.08 bits per heavy atom. The predicted molar refractivity (Wildman–Crippen MR) is 103 cm³/mol. The van der Waals surface area contributed by atoms with Crippen LogP contribution < -0.4 is 5.32 Å². The highest BCUT2D eigenvalue weighted by Crippen LogP contribution is 2.32. The maximum Gasteiger partial charge on any atom is 0.339 e. The Morgan fingerprint density at radius 1 is 1.00 bits per heavy atom. The van der Waals surface area contributed by atoms with Crippen molar-refractivity contribution in [3.05, 3.63) is 62.0 Å². The number of amides is 1. The Bertz CT molecular complexity index is 843. The summed E-state index contributed by atoms with van der Waals surface area (Å²) in [6.45, 7) is 1.42. The van der Waals surface area contributed by atoms with E-state index in [2.05, 4.69) is 41.9 Å². The second-order valence-electron chi connectivity index (χ2n) is 5.27. The fourth-order valence-corrected chi connectivity index (χ4v) is 3.77. The number of esters is 2. The molecule has 136 valence electrons. The van der Waals surface area contributed by atoms with Crippen molar-refractivity contribution >= 4 is 55.4 Å². The number of rotatable bonds is 5. The van der Waals surface area contributed by atoms with Gasteiger partial charge in [-0.15, -0.1) is 0 Å². The van der Waals surface area contributed by atoms with E-state index in [1.165, 1.54) is 19.2 Å². The molecule has 0 atom stereocenters. The molecule has 1 N–H and O–H groups in total. The normalized spacial score (nSPS) is 10.2. The zero-order valence-corrected chi connectivity index (χ0v) is 17.1. The third kappa shape index (κ3) is 4.92. The Morgan fingerprint density at radius 2 is 1.54 bits per heavy atom. The number of nitrogens with one attached hydrogen (secondary N) is 1. The van der Waals surface area contributed by atoms with Crippen LogP contribution in [0.25, 0.3) is 0 Å². The Hall–Kier alpha value is -2.19. The summed E-state index contributed by atoms with van der Waals surface area (Å²) < 4.78 is 11.0. The predicted octanol–water partition coefficient (Wildman–Crippen LogP) is 4.10. The summed E-state index contributed by atoms with van der Waals surface area (Å²) >= 11 is 6.75. The fraction of sp³-hybridized carbons (Fsp3) is 0.167. The van der Waals surface area contributed by atoms with Crippen LogP contribution >= 0.6 is 31.9 Å². The monoisotopic (exact) mass is 483 g/mol. The Kier molecular flexibility index (Phi) is 6.93. The molecule has 26 heavy (non-hydrogen) atoms. The minimum atomic E-state index is -0.789. The molecule has 0 unspecified atom stereocenters. The van der Waals surface area contributed by atoms with Crippen molar-refractivity contribution in [2.24, 2.45) is 0 Å². The van der Waals surface area contributed by atoms with Crippen molar-refractivity contribution in [2.45, 2.75) is 6.92 Å². The summed E-state index contributed by atoms with van der Waals surface area (Å²) in [6.07, 6.45) is 0. The van der Waals surface area contributed by atoms with Crippen LogP contribution in [-0.4, -0.2) is 31.6 Å². The number of halogens is 2. The molecule has 2 aromatic rings. The molecular weight excluding hydrogens is 470 g/mol. The van der Waals surface area contributed by atoms with Gasteiger partial charge in [0.1, 0.15) is 0 Å². The van der Waals surface area contributed by atoms with Crippen molar-refractivity contribution in [2.75, 3.05) is 19.0 Å². The van der Waals surface area contributed by atoms with Crippen LogP contribution in [-0.2, 0) is 14.3 Å². The third-order valence-corrected chi connectivity index (χ3v) is 4.59. The van der Waals surface area contributed by atoms with Gasteiger partial charge in [-0.05, 0) is 68.6 Å². The first-order valence-electron chi connectivity index (χ1n) is 7.43. The number of hydrogen-bond donors (Lipinski definition) is 1. The molecule has 0 aliphatic rings. The number of ether oxygens (including phenoxy) is 2. The molecular formula is C18H15Br2NO5. The van der Waals surface area contributed by atoms with E-state index >= 15 is 0 Å². The molecule has 2 aromatic carbocycles. The van der Waals surface area contributed by atoms with Gasteiger partial charge < -0.3 is 14.8 Å². The number of carbonyl (C=O) groups is 3. The molecule has 2 rings (SSSR count). The molecule has 0 heterocycles. The van der Waals surface area contributed by atoms with Gasteiger partial charge in [0.15, 0.2) is 6.61 Å². The van der Waals surface area contributed by atoms with Gasteiger partial charge in [0.2, 0.25) is 0 Å². The van der Waals surface area contributed by atoms with E-state index < -0.39 is 24.5 Å². The number of hydrogen-bond acceptors (Lipinski definition) is 5. The van der Waals surface area contributed by atoms with Crippen LogP contribution in [0.4, 0.5) is 5.69 Å². The van der Waals surface area contributed by atoms with Crippen LogP contribution in [0.2, 0.25) is 0 Å². The highest BCUT2D eigenvalue weighted by molar-refractivity contribution is 9.11. The van der Waals surface area contributed by atoms with Gasteiger partial charge in [0.25, 0.3) is 5.91 Å². The zero-order valence-electron chi connectivity index (χ0n) is 14.0. The van der Waals surface area contributed by atoms with Crippen LogP contribution in [0, 0.1) is 6.92 Å². The summed E-state index contributed by atoms with van der Waals surface area (Å²) in [4.78, 5) is 36.0. The lowest BCUT2D eigenvalue weighted by Gasteiger charge is -2.12. The topological polar surface area (TPSA) is 81.7 Å². The number of methoxy groups -OCH3 is 1. The maximum absolute atomic E-state index is 12.2. The highest BCUT2D eigenvalue weighted by Gasteiger charge is 2.19. The lowest BCUT2D eigenvalue weighted by Crippen LogP contribution is -2.22. The quantitative estimate of drug-likeness (QED) is 0.646. The molecule has 8 heteroatoms. The third-order valence-electron chi connectivity index (χ3n) is 3.34. The molecule has 0 aromatic heterocycles. The van der Waals surface area contributed by atoms with Gasteiger partial charge in [-0.2, -0.15) is 0 Å². The lowest BCUT2D eigenvalue weighted by molar-refractivity contribution is -0.119. The molecule has 0 aliphatic carbocycles. The van der Waals surface area contributed by atoms with Gasteiger partial charge in [-0.25, -0.2) is 9.59 Å². The lowest BCUT2D eigenvalue weighted by atomic mass is 10.1. The second kappa shape index (κ2) is 8.95. The molecule has 0 bridgehead atoms. The number of aryl methyl sites for hydroxylation is 1. The second-order valence-corrected chi connectivity index (χ2v) is 6.97. The van der Waals surface area contributed by atoms with E-state index in [-0.39, 0.29) is 11.1 Å². The van der Waals surface area contributed by atoms with E-state index in [1.54, 1.807) is 12.1 Å². The van der Waals surface area contributed by atoms with Crippen LogP contribution in [0.1, 0.15) is 26.3 Å². The minimum absolute atomic E-state index is 0.0323. The highest BCUT2D eigenvalue weighted by atomic mass is 79.9. The van der Waals surface area contributed by atoms with E-state index in [0.29, 0.717) is 14.6 Å². The SMILES string of the molecule is COC(=O)c1ccccc1C(=O)OCC(=O)Nc1c(Br)cc(C)cc1Br. The average molecular weight is 485 g/mol. The largest absolute Gasteiger partial charge is 0.465 e. The summed E-state index contributed by atoms with van der Waals surface area (Å²) in [6, 6.07) is 9.76. The number of carbonyl (C=O) groups excluding carboxylic acids is 3. The Balaban J connectivity index is 2.05. The van der Waals surface area contributed by atoms with Gasteiger partial charge in [0, 0.05) is 8.95 Å². The van der Waals surface area contributed by atoms with E-state index in [9.17, 15) is 14.4 Å². The van der Waals surface area contributed by atoms with Crippen molar-refractivity contribution in [1.29, 1.82) is 0 Å². The van der Waals surface area contributed by atoms with Gasteiger partial charge in [-0.1, -0.05) is 12.1 Å². The molecule has 0 fully saturated rings. The van der Waals surface area contributed by atoms with Crippen molar-refractivity contribution < 1.29 is 23.9 Å². The molecule has 0 aliphatic heterocycles. The number of anilines is 1. The van der Waals surface area contributed by atoms with Crippen LogP contribution in [0.5, 0.6) is 0 Å². The van der Waals surface area contributed by atoms with E-state index in [0.717, 1.165) is 5.56 Å². The summed E-state index contributed by atoms with van der Waals surface area (Å²) in [5, 5.41) is 2.66. The molecule has 0 radical (unpaired) electrons. The Labute approximate surface area is 167 Å². The number of benzene rings is 2. The molecule has 1 amide bonds. The summed E-state index contributed by atoms with van der Waals surface area (Å²) in [5.41, 5.74) is 1.65. The zero-order chi connectivity index (χ0) is 19.3. The summed E-state index contributed by atoms with van der Waals surface area (Å²) in [7, 11) is 1.22. The molecule has 0 saturated heterocycles. The standard InChI is InChI=1S/C18H15Br2NO5/c1-10-7-13(19)16(14(20)8-10)21-15(22)9-26-18(24)12-6-4-3-5-11(12)17(23)25-2/h3-8H,9H2,1-2H3,(H,21,22). The first-order valence-corrected chi connectivity index (χ1v) is 9.02. The van der Waals surface area contributed by atoms with Crippen molar-refractivity contribution in [3.63, 3.8) is 0 Å². The van der Waals surface area contributed by atoms with E-state index in [1.807, 2.05) is 19.1 Å². The minimum Gasteiger partial charge on any atom is -0.465 e. The van der Waals surface area contributed by atoms with Gasteiger partial charge in [0.05, 0.1) is 23.9 Å². The van der Waals surface area contributed by atoms with Crippen molar-refractivity contribution in [1.82, 2.24) is 0 Å². The first kappa shape index (κ1) is 20.1. The molecule has 0 spiro atoms. The van der Waals surface area contributed by atoms with Crippen LogP contribution in [0.3, 0.4) is 0 Å². The van der Waals surface area contributed by atoms with Gasteiger partial charge >= 0.3 is 11.9 Å². The fourth-order valence-electron chi connectivity index (χ4n) is 2.15. The van der Waals surface area contributed by atoms with E-state index in [4.69, 9.17) is 4.74 Å². The average Bonchev–Trinajstić information content (AvgIpc) is 2.62. The maximum atomic E-state index is 12.2. The molecule has 6 nitrogen and oxygen atoms in total. The van der Waals surface area contributed by atoms with Crippen LogP contribution in [0.15, 0.2) is 45.3 Å². The van der Waals surface area contributed by atoms with Crippen molar-refractivity contribution in [3.8, 4) is 0 Å². The molecule has 0 saturated carbocycles. The first-order chi connectivity index (χ1) is 12.3.